The standard InChI is InChI=1S/C14H14F2N2O/c1-9-2-3-11(7-17)14(19)18(9)8-10-4-12(15)6-13(16)5-10/h2-6H,7-8,17H2,1H3. The molecule has 0 fully saturated rings. The van der Waals surface area contributed by atoms with Gasteiger partial charge in [-0.25, -0.2) is 8.78 Å². The third-order valence-corrected chi connectivity index (χ3v) is 2.95. The number of rotatable bonds is 3. The molecule has 0 saturated carbocycles. The van der Waals surface area contributed by atoms with Crippen LogP contribution in [0.3, 0.4) is 0 Å². The van der Waals surface area contributed by atoms with E-state index in [1.165, 1.54) is 16.7 Å². The number of hydrogen-bond donors (Lipinski definition) is 1. The van der Waals surface area contributed by atoms with Gasteiger partial charge in [-0.15, -0.1) is 0 Å². The van der Waals surface area contributed by atoms with Gasteiger partial charge in [-0.05, 0) is 30.7 Å². The molecule has 1 aromatic heterocycles. The van der Waals surface area contributed by atoms with Crippen LogP contribution in [0.25, 0.3) is 0 Å². The lowest BCUT2D eigenvalue weighted by Crippen LogP contribution is -2.27. The summed E-state index contributed by atoms with van der Waals surface area (Å²) in [5.41, 5.74) is 6.84. The number of nitrogens with zero attached hydrogens (tertiary/aromatic N) is 1. The van der Waals surface area contributed by atoms with E-state index in [1.54, 1.807) is 19.1 Å². The van der Waals surface area contributed by atoms with E-state index in [4.69, 9.17) is 5.73 Å². The van der Waals surface area contributed by atoms with E-state index in [1.807, 2.05) is 0 Å². The van der Waals surface area contributed by atoms with Crippen LogP contribution >= 0.6 is 0 Å². The molecule has 0 aliphatic carbocycles. The Kier molecular flexibility index (Phi) is 3.76. The average Bonchev–Trinajstić information content (AvgIpc) is 2.33. The van der Waals surface area contributed by atoms with Gasteiger partial charge in [0, 0.05) is 23.9 Å². The fourth-order valence-electron chi connectivity index (χ4n) is 1.95. The highest BCUT2D eigenvalue weighted by Crippen LogP contribution is 2.10. The fourth-order valence-corrected chi connectivity index (χ4v) is 1.95. The Labute approximate surface area is 109 Å². The maximum absolute atomic E-state index is 13.1. The molecule has 0 amide bonds. The largest absolute Gasteiger partial charge is 0.326 e. The third-order valence-electron chi connectivity index (χ3n) is 2.95. The van der Waals surface area contributed by atoms with E-state index in [9.17, 15) is 13.6 Å². The highest BCUT2D eigenvalue weighted by Gasteiger charge is 2.07. The molecule has 1 aromatic carbocycles. The van der Waals surface area contributed by atoms with E-state index in [0.717, 1.165) is 6.07 Å². The first-order chi connectivity index (χ1) is 9.01. The minimum Gasteiger partial charge on any atom is -0.326 e. The Morgan fingerprint density at radius 1 is 1.16 bits per heavy atom. The average molecular weight is 264 g/mol. The molecule has 0 radical (unpaired) electrons. The Morgan fingerprint density at radius 3 is 2.37 bits per heavy atom. The fraction of sp³-hybridized carbons (Fsp3) is 0.214. The summed E-state index contributed by atoms with van der Waals surface area (Å²) in [5.74, 6) is -1.31. The molecule has 0 atom stereocenters. The molecule has 5 heteroatoms. The topological polar surface area (TPSA) is 48.0 Å². The van der Waals surface area contributed by atoms with Gasteiger partial charge in [-0.3, -0.25) is 4.79 Å². The van der Waals surface area contributed by atoms with E-state index in [-0.39, 0.29) is 18.6 Å². The summed E-state index contributed by atoms with van der Waals surface area (Å²) < 4.78 is 27.7. The predicted molar refractivity (Wildman–Crippen MR) is 68.8 cm³/mol. The van der Waals surface area contributed by atoms with Gasteiger partial charge in [0.2, 0.25) is 0 Å². The maximum atomic E-state index is 13.1. The minimum atomic E-state index is -0.657. The van der Waals surface area contributed by atoms with Crippen LogP contribution < -0.4 is 11.3 Å². The summed E-state index contributed by atoms with van der Waals surface area (Å²) in [4.78, 5) is 12.1. The van der Waals surface area contributed by atoms with Crippen LogP contribution in [0.2, 0.25) is 0 Å². The molecule has 2 aromatic rings. The molecule has 100 valence electrons. The van der Waals surface area contributed by atoms with Gasteiger partial charge in [0.25, 0.3) is 5.56 Å². The molecule has 0 saturated heterocycles. The number of aryl methyl sites for hydroxylation is 1. The summed E-state index contributed by atoms with van der Waals surface area (Å²) in [7, 11) is 0. The van der Waals surface area contributed by atoms with Gasteiger partial charge < -0.3 is 10.3 Å². The molecule has 0 unspecified atom stereocenters. The number of halogens is 2. The van der Waals surface area contributed by atoms with Gasteiger partial charge in [0.1, 0.15) is 11.6 Å². The zero-order valence-corrected chi connectivity index (χ0v) is 10.5. The molecule has 2 N–H and O–H groups in total. The highest BCUT2D eigenvalue weighted by atomic mass is 19.1. The van der Waals surface area contributed by atoms with E-state index >= 15 is 0 Å². The third kappa shape index (κ3) is 2.88. The first-order valence-corrected chi connectivity index (χ1v) is 5.85. The summed E-state index contributed by atoms with van der Waals surface area (Å²) in [6, 6.07) is 6.66. The summed E-state index contributed by atoms with van der Waals surface area (Å²) in [6.07, 6.45) is 0. The molecule has 19 heavy (non-hydrogen) atoms. The monoisotopic (exact) mass is 264 g/mol. The van der Waals surface area contributed by atoms with Crippen LogP contribution in [-0.4, -0.2) is 4.57 Å². The van der Waals surface area contributed by atoms with Gasteiger partial charge in [0.15, 0.2) is 0 Å². The Balaban J connectivity index is 2.46. The zero-order chi connectivity index (χ0) is 14.0. The van der Waals surface area contributed by atoms with Crippen molar-refractivity contribution >= 4 is 0 Å². The maximum Gasteiger partial charge on any atom is 0.255 e. The molecule has 1 heterocycles. The lowest BCUT2D eigenvalue weighted by atomic mass is 10.2. The molecular weight excluding hydrogens is 250 g/mol. The van der Waals surface area contributed by atoms with E-state index in [0.29, 0.717) is 16.8 Å². The van der Waals surface area contributed by atoms with Crippen molar-refractivity contribution in [3.8, 4) is 0 Å². The van der Waals surface area contributed by atoms with Crippen molar-refractivity contribution in [1.82, 2.24) is 4.57 Å². The number of pyridine rings is 1. The van der Waals surface area contributed by atoms with Crippen LogP contribution in [-0.2, 0) is 13.1 Å². The number of aromatic nitrogens is 1. The first-order valence-electron chi connectivity index (χ1n) is 5.85. The zero-order valence-electron chi connectivity index (χ0n) is 10.5. The van der Waals surface area contributed by atoms with Gasteiger partial charge in [-0.1, -0.05) is 6.07 Å². The second kappa shape index (κ2) is 5.32. The normalized spacial score (nSPS) is 10.7. The van der Waals surface area contributed by atoms with Crippen molar-refractivity contribution in [3.05, 3.63) is 69.1 Å². The Morgan fingerprint density at radius 2 is 1.79 bits per heavy atom. The van der Waals surface area contributed by atoms with Crippen LogP contribution in [0.15, 0.2) is 35.1 Å². The second-order valence-electron chi connectivity index (χ2n) is 4.37. The van der Waals surface area contributed by atoms with E-state index in [2.05, 4.69) is 0 Å². The number of nitrogens with two attached hydrogens (primary N) is 1. The summed E-state index contributed by atoms with van der Waals surface area (Å²) in [5, 5.41) is 0. The van der Waals surface area contributed by atoms with Crippen molar-refractivity contribution in [3.63, 3.8) is 0 Å². The molecule has 0 bridgehead atoms. The van der Waals surface area contributed by atoms with Crippen LogP contribution in [0.5, 0.6) is 0 Å². The van der Waals surface area contributed by atoms with Crippen molar-refractivity contribution in [2.24, 2.45) is 5.73 Å². The van der Waals surface area contributed by atoms with Crippen molar-refractivity contribution in [2.45, 2.75) is 20.0 Å². The van der Waals surface area contributed by atoms with Crippen LogP contribution in [0, 0.1) is 18.6 Å². The van der Waals surface area contributed by atoms with Gasteiger partial charge in [-0.2, -0.15) is 0 Å². The van der Waals surface area contributed by atoms with Crippen LogP contribution in [0.1, 0.15) is 16.8 Å². The smallest absolute Gasteiger partial charge is 0.255 e. The molecule has 0 aliphatic rings. The van der Waals surface area contributed by atoms with Crippen molar-refractivity contribution < 1.29 is 8.78 Å². The summed E-state index contributed by atoms with van der Waals surface area (Å²) in [6.45, 7) is 2.02. The second-order valence-corrected chi connectivity index (χ2v) is 4.37. The molecule has 0 spiro atoms. The Bertz CT molecular complexity index is 645. The lowest BCUT2D eigenvalue weighted by Gasteiger charge is -2.11. The first kappa shape index (κ1) is 13.4. The number of hydrogen-bond acceptors (Lipinski definition) is 2. The highest BCUT2D eigenvalue weighted by molar-refractivity contribution is 5.21. The molecule has 2 rings (SSSR count). The molecule has 3 nitrogen and oxygen atoms in total. The predicted octanol–water partition coefficient (Wildman–Crippen LogP) is 1.94. The number of benzene rings is 1. The molecule has 0 aliphatic heterocycles. The minimum absolute atomic E-state index is 0.118. The SMILES string of the molecule is Cc1ccc(CN)c(=O)n1Cc1cc(F)cc(F)c1. The van der Waals surface area contributed by atoms with E-state index < -0.39 is 11.6 Å². The Hall–Kier alpha value is -2.01. The van der Waals surface area contributed by atoms with Crippen molar-refractivity contribution in [2.75, 3.05) is 0 Å². The van der Waals surface area contributed by atoms with Crippen molar-refractivity contribution in [1.29, 1.82) is 0 Å². The lowest BCUT2D eigenvalue weighted by molar-refractivity contribution is 0.576. The van der Waals surface area contributed by atoms with Gasteiger partial charge >= 0.3 is 0 Å². The van der Waals surface area contributed by atoms with Gasteiger partial charge in [0.05, 0.1) is 6.54 Å². The quantitative estimate of drug-likeness (QED) is 0.921. The molecular formula is C14H14F2N2O. The van der Waals surface area contributed by atoms with Crippen LogP contribution in [0.4, 0.5) is 8.78 Å². The summed E-state index contributed by atoms with van der Waals surface area (Å²) >= 11 is 0.